The van der Waals surface area contributed by atoms with E-state index in [2.05, 4.69) is 16.9 Å². The predicted octanol–water partition coefficient (Wildman–Crippen LogP) is 2.40. The average molecular weight is 310 g/mol. The lowest BCUT2D eigenvalue weighted by molar-refractivity contribution is 0.0930. The first-order valence-electron chi connectivity index (χ1n) is 7.48. The van der Waals surface area contributed by atoms with Gasteiger partial charge in [-0.3, -0.25) is 9.59 Å². The summed E-state index contributed by atoms with van der Waals surface area (Å²) in [7, 11) is 0. The Kier molecular flexibility index (Phi) is 4.02. The molecule has 3 rings (SSSR count). The van der Waals surface area contributed by atoms with Gasteiger partial charge in [0, 0.05) is 12.3 Å². The second kappa shape index (κ2) is 6.12. The van der Waals surface area contributed by atoms with Crippen LogP contribution in [0.4, 0.5) is 0 Å². The summed E-state index contributed by atoms with van der Waals surface area (Å²) < 4.78 is 5.61. The maximum Gasteiger partial charge on any atom is 0.272 e. The molecule has 0 radical (unpaired) electrons. The van der Waals surface area contributed by atoms with Crippen molar-refractivity contribution in [1.29, 1.82) is 0 Å². The molecule has 1 heterocycles. The van der Waals surface area contributed by atoms with E-state index in [1.54, 1.807) is 6.08 Å². The molecule has 0 unspecified atom stereocenters. The topological polar surface area (TPSA) is 71.2 Å². The first kappa shape index (κ1) is 15.1. The van der Waals surface area contributed by atoms with Gasteiger partial charge in [-0.25, -0.2) is 0 Å². The van der Waals surface area contributed by atoms with Crippen molar-refractivity contribution >= 4 is 5.91 Å². The number of carbonyl (C=O) groups excluding carboxylic acids is 1. The number of nitrogens with one attached hydrogen (secondary N) is 2. The van der Waals surface area contributed by atoms with E-state index in [4.69, 9.17) is 4.74 Å². The quantitative estimate of drug-likeness (QED) is 0.805. The molecular weight excluding hydrogens is 292 g/mol. The molecule has 0 atom stereocenters. The van der Waals surface area contributed by atoms with Crippen LogP contribution >= 0.6 is 0 Å². The second-order valence-electron chi connectivity index (χ2n) is 5.63. The number of H-pyrrole nitrogens is 1. The fraction of sp³-hybridized carbons (Fsp3) is 0.222. The Labute approximate surface area is 134 Å². The molecular formula is C18H18N2O3. The lowest BCUT2D eigenvalue weighted by atomic mass is 10.2. The van der Waals surface area contributed by atoms with Crippen molar-refractivity contribution in [3.63, 3.8) is 0 Å². The van der Waals surface area contributed by atoms with Gasteiger partial charge in [0.1, 0.15) is 6.61 Å². The van der Waals surface area contributed by atoms with Gasteiger partial charge in [0.25, 0.3) is 5.91 Å². The van der Waals surface area contributed by atoms with E-state index in [0.29, 0.717) is 0 Å². The van der Waals surface area contributed by atoms with Crippen molar-refractivity contribution in [3.8, 4) is 5.75 Å². The highest BCUT2D eigenvalue weighted by atomic mass is 16.5. The maximum atomic E-state index is 12.4. The molecule has 1 aromatic carbocycles. The SMILES string of the molecule is C=CC1(NC(=O)c2[nH]ccc(=O)c2OCc2ccccc2)CC1. The number of carbonyl (C=O) groups is 1. The monoisotopic (exact) mass is 310 g/mol. The van der Waals surface area contributed by atoms with Crippen LogP contribution in [0.25, 0.3) is 0 Å². The van der Waals surface area contributed by atoms with Gasteiger partial charge in [0.2, 0.25) is 5.43 Å². The van der Waals surface area contributed by atoms with Gasteiger partial charge < -0.3 is 15.0 Å². The lowest BCUT2D eigenvalue weighted by Gasteiger charge is -2.15. The van der Waals surface area contributed by atoms with Gasteiger partial charge in [0.15, 0.2) is 11.4 Å². The van der Waals surface area contributed by atoms with Crippen molar-refractivity contribution in [2.24, 2.45) is 0 Å². The number of pyridine rings is 1. The van der Waals surface area contributed by atoms with Gasteiger partial charge in [-0.2, -0.15) is 0 Å². The standard InChI is InChI=1S/C18H18N2O3/c1-2-18(9-10-18)20-17(22)15-16(14(21)8-11-19-15)23-12-13-6-4-3-5-7-13/h2-8,11H,1,9-10,12H2,(H,19,21)(H,20,22). The highest BCUT2D eigenvalue weighted by molar-refractivity contribution is 5.95. The first-order chi connectivity index (χ1) is 11.1. The summed E-state index contributed by atoms with van der Waals surface area (Å²) in [5.41, 5.74) is 0.391. The number of hydrogen-bond donors (Lipinski definition) is 2. The van der Waals surface area contributed by atoms with Gasteiger partial charge in [0.05, 0.1) is 5.54 Å². The number of rotatable bonds is 6. The van der Waals surface area contributed by atoms with Crippen molar-refractivity contribution in [3.05, 3.63) is 76.7 Å². The minimum absolute atomic E-state index is 0.0358. The lowest BCUT2D eigenvalue weighted by Crippen LogP contribution is -2.36. The van der Waals surface area contributed by atoms with E-state index in [0.717, 1.165) is 18.4 Å². The Balaban J connectivity index is 1.80. The molecule has 5 nitrogen and oxygen atoms in total. The van der Waals surface area contributed by atoms with Gasteiger partial charge in [-0.05, 0) is 18.4 Å². The molecule has 1 aliphatic rings. The molecule has 5 heteroatoms. The Morgan fingerprint density at radius 1 is 1.30 bits per heavy atom. The summed E-state index contributed by atoms with van der Waals surface area (Å²) >= 11 is 0. The van der Waals surface area contributed by atoms with E-state index in [1.807, 2.05) is 30.3 Å². The summed E-state index contributed by atoms with van der Waals surface area (Å²) in [6.07, 6.45) is 4.90. The van der Waals surface area contributed by atoms with Crippen LogP contribution in [0, 0.1) is 0 Å². The molecule has 0 spiro atoms. The van der Waals surface area contributed by atoms with Gasteiger partial charge >= 0.3 is 0 Å². The molecule has 0 bridgehead atoms. The fourth-order valence-electron chi connectivity index (χ4n) is 2.31. The molecule has 0 saturated heterocycles. The highest BCUT2D eigenvalue weighted by Crippen LogP contribution is 2.36. The van der Waals surface area contributed by atoms with Gasteiger partial charge in [-0.15, -0.1) is 6.58 Å². The van der Waals surface area contributed by atoms with Crippen LogP contribution in [0.3, 0.4) is 0 Å². The normalized spacial score (nSPS) is 14.8. The third-order valence-electron chi connectivity index (χ3n) is 3.91. The van der Waals surface area contributed by atoms with Crippen molar-refractivity contribution < 1.29 is 9.53 Å². The number of benzene rings is 1. The van der Waals surface area contributed by atoms with Crippen LogP contribution in [0.5, 0.6) is 5.75 Å². The van der Waals surface area contributed by atoms with E-state index in [9.17, 15) is 9.59 Å². The van der Waals surface area contributed by atoms with Crippen LogP contribution in [0.1, 0.15) is 28.9 Å². The van der Waals surface area contributed by atoms with Crippen molar-refractivity contribution in [2.75, 3.05) is 0 Å². The number of hydrogen-bond acceptors (Lipinski definition) is 3. The highest BCUT2D eigenvalue weighted by Gasteiger charge is 2.41. The average Bonchev–Trinajstić information content (AvgIpc) is 3.34. The predicted molar refractivity (Wildman–Crippen MR) is 87.5 cm³/mol. The molecule has 118 valence electrons. The zero-order valence-electron chi connectivity index (χ0n) is 12.7. The molecule has 23 heavy (non-hydrogen) atoms. The fourth-order valence-corrected chi connectivity index (χ4v) is 2.31. The van der Waals surface area contributed by atoms with E-state index in [-0.39, 0.29) is 34.9 Å². The van der Waals surface area contributed by atoms with E-state index < -0.39 is 0 Å². The molecule has 2 N–H and O–H groups in total. The minimum atomic E-state index is -0.358. The van der Waals surface area contributed by atoms with Gasteiger partial charge in [-0.1, -0.05) is 36.4 Å². The summed E-state index contributed by atoms with van der Waals surface area (Å²) in [5.74, 6) is -0.322. The maximum absolute atomic E-state index is 12.4. The van der Waals surface area contributed by atoms with Crippen molar-refractivity contribution in [1.82, 2.24) is 10.3 Å². The Bertz CT molecular complexity index is 776. The van der Waals surface area contributed by atoms with Crippen LogP contribution in [0.2, 0.25) is 0 Å². The molecule has 1 aliphatic carbocycles. The molecule has 1 aromatic heterocycles. The number of aromatic nitrogens is 1. The number of aromatic amines is 1. The summed E-state index contributed by atoms with van der Waals surface area (Å²) in [4.78, 5) is 27.3. The summed E-state index contributed by atoms with van der Waals surface area (Å²) in [6, 6.07) is 10.8. The van der Waals surface area contributed by atoms with E-state index in [1.165, 1.54) is 12.3 Å². The third kappa shape index (κ3) is 3.34. The number of ether oxygens (including phenoxy) is 1. The second-order valence-corrected chi connectivity index (χ2v) is 5.63. The minimum Gasteiger partial charge on any atom is -0.483 e. The van der Waals surface area contributed by atoms with Crippen LogP contribution in [0.15, 0.2) is 60.0 Å². The van der Waals surface area contributed by atoms with E-state index >= 15 is 0 Å². The third-order valence-corrected chi connectivity index (χ3v) is 3.91. The summed E-state index contributed by atoms with van der Waals surface area (Å²) in [6.45, 7) is 3.96. The zero-order valence-corrected chi connectivity index (χ0v) is 12.7. The zero-order chi connectivity index (χ0) is 16.3. The Hall–Kier alpha value is -2.82. The largest absolute Gasteiger partial charge is 0.483 e. The Morgan fingerprint density at radius 3 is 2.70 bits per heavy atom. The molecule has 1 amide bonds. The van der Waals surface area contributed by atoms with Crippen LogP contribution in [-0.4, -0.2) is 16.4 Å². The summed E-state index contributed by atoms with van der Waals surface area (Å²) in [5, 5.41) is 2.89. The first-order valence-corrected chi connectivity index (χ1v) is 7.48. The van der Waals surface area contributed by atoms with Crippen molar-refractivity contribution in [2.45, 2.75) is 25.0 Å². The van der Waals surface area contributed by atoms with Crippen LogP contribution < -0.4 is 15.5 Å². The molecule has 1 fully saturated rings. The smallest absolute Gasteiger partial charge is 0.272 e. The molecule has 2 aromatic rings. The van der Waals surface area contributed by atoms with Crippen LogP contribution in [-0.2, 0) is 6.61 Å². The molecule has 0 aliphatic heterocycles. The molecule has 1 saturated carbocycles. The number of amides is 1. The Morgan fingerprint density at radius 2 is 2.04 bits per heavy atom.